The summed E-state index contributed by atoms with van der Waals surface area (Å²) in [5.74, 6) is -0.461. The number of carbonyl (C=O) groups excluding carboxylic acids is 1. The Bertz CT molecular complexity index is 604. The molecular weight excluding hydrogens is 218 g/mol. The van der Waals surface area contributed by atoms with Crippen LogP contribution in [0.1, 0.15) is 10.4 Å². The van der Waals surface area contributed by atoms with Gasteiger partial charge in [-0.05, 0) is 30.3 Å². The third-order valence-electron chi connectivity index (χ3n) is 2.21. The number of nitrogens with two attached hydrogens (primary N) is 1. The second-order valence-corrected chi connectivity index (χ2v) is 3.49. The maximum atomic E-state index is 11.8. The number of nitrogen functional groups attached to an aromatic ring is 1. The van der Waals surface area contributed by atoms with Crippen LogP contribution < -0.4 is 16.6 Å². The molecule has 0 aliphatic carbocycles. The highest BCUT2D eigenvalue weighted by Gasteiger charge is 2.09. The van der Waals surface area contributed by atoms with Gasteiger partial charge in [0.25, 0.3) is 11.5 Å². The van der Waals surface area contributed by atoms with Gasteiger partial charge in [0.1, 0.15) is 5.56 Å². The molecular formula is C12H11N3O2. The molecule has 5 heteroatoms. The Morgan fingerprint density at radius 2 is 2.06 bits per heavy atom. The van der Waals surface area contributed by atoms with E-state index in [0.717, 1.165) is 0 Å². The molecule has 5 nitrogen and oxygen atoms in total. The standard InChI is InChI=1S/C12H11N3O2/c13-8-3-1-4-9(7-8)15-12(17)10-5-2-6-14-11(10)16/h1-7H,13H2,(H,14,16)(H,15,17). The molecule has 17 heavy (non-hydrogen) atoms. The van der Waals surface area contributed by atoms with Crippen LogP contribution >= 0.6 is 0 Å². The lowest BCUT2D eigenvalue weighted by molar-refractivity contribution is 0.102. The number of rotatable bonds is 2. The van der Waals surface area contributed by atoms with Gasteiger partial charge in [-0.1, -0.05) is 6.07 Å². The van der Waals surface area contributed by atoms with Crippen molar-refractivity contribution in [3.63, 3.8) is 0 Å². The number of benzene rings is 1. The van der Waals surface area contributed by atoms with Crippen molar-refractivity contribution in [1.82, 2.24) is 4.98 Å². The number of hydrogen-bond donors (Lipinski definition) is 3. The molecule has 0 saturated heterocycles. The van der Waals surface area contributed by atoms with E-state index in [-0.39, 0.29) is 5.56 Å². The monoisotopic (exact) mass is 229 g/mol. The molecule has 0 atom stereocenters. The molecule has 0 aliphatic rings. The van der Waals surface area contributed by atoms with Crippen molar-refractivity contribution in [3.05, 3.63) is 58.5 Å². The Morgan fingerprint density at radius 3 is 2.76 bits per heavy atom. The van der Waals surface area contributed by atoms with Gasteiger partial charge in [-0.15, -0.1) is 0 Å². The van der Waals surface area contributed by atoms with E-state index >= 15 is 0 Å². The second-order valence-electron chi connectivity index (χ2n) is 3.49. The van der Waals surface area contributed by atoms with Crippen LogP contribution in [0.3, 0.4) is 0 Å². The number of carbonyl (C=O) groups is 1. The largest absolute Gasteiger partial charge is 0.399 e. The van der Waals surface area contributed by atoms with Gasteiger partial charge in [-0.2, -0.15) is 0 Å². The van der Waals surface area contributed by atoms with Gasteiger partial charge in [0.15, 0.2) is 0 Å². The number of amides is 1. The van der Waals surface area contributed by atoms with Gasteiger partial charge >= 0.3 is 0 Å². The van der Waals surface area contributed by atoms with E-state index in [1.165, 1.54) is 12.3 Å². The molecule has 0 unspecified atom stereocenters. The molecule has 0 spiro atoms. The average Bonchev–Trinajstić information content (AvgIpc) is 2.29. The fourth-order valence-corrected chi connectivity index (χ4v) is 1.42. The van der Waals surface area contributed by atoms with E-state index < -0.39 is 11.5 Å². The van der Waals surface area contributed by atoms with Crippen molar-refractivity contribution in [3.8, 4) is 0 Å². The van der Waals surface area contributed by atoms with Crippen molar-refractivity contribution in [1.29, 1.82) is 0 Å². The maximum absolute atomic E-state index is 11.8. The molecule has 0 fully saturated rings. The highest BCUT2D eigenvalue weighted by atomic mass is 16.2. The highest BCUT2D eigenvalue weighted by Crippen LogP contribution is 2.12. The lowest BCUT2D eigenvalue weighted by Gasteiger charge is -2.04. The van der Waals surface area contributed by atoms with Gasteiger partial charge in [0.2, 0.25) is 0 Å². The van der Waals surface area contributed by atoms with Gasteiger partial charge < -0.3 is 16.0 Å². The number of hydrogen-bond acceptors (Lipinski definition) is 3. The van der Waals surface area contributed by atoms with Crippen LogP contribution in [0.25, 0.3) is 0 Å². The summed E-state index contributed by atoms with van der Waals surface area (Å²) < 4.78 is 0. The Balaban J connectivity index is 2.23. The molecule has 1 aromatic carbocycles. The van der Waals surface area contributed by atoms with Crippen molar-refractivity contribution in [2.75, 3.05) is 11.1 Å². The molecule has 0 radical (unpaired) electrons. The summed E-state index contributed by atoms with van der Waals surface area (Å²) in [6.45, 7) is 0. The molecule has 2 rings (SSSR count). The van der Waals surface area contributed by atoms with Crippen LogP contribution in [0.4, 0.5) is 11.4 Å². The van der Waals surface area contributed by atoms with Crippen LogP contribution in [0.15, 0.2) is 47.4 Å². The van der Waals surface area contributed by atoms with Crippen LogP contribution in [0.5, 0.6) is 0 Å². The smallest absolute Gasteiger partial charge is 0.261 e. The topological polar surface area (TPSA) is 88.0 Å². The van der Waals surface area contributed by atoms with E-state index in [2.05, 4.69) is 10.3 Å². The number of nitrogens with one attached hydrogen (secondary N) is 2. The summed E-state index contributed by atoms with van der Waals surface area (Å²) in [5, 5.41) is 2.60. The van der Waals surface area contributed by atoms with E-state index in [1.54, 1.807) is 30.3 Å². The molecule has 2 aromatic rings. The molecule has 1 amide bonds. The fraction of sp³-hybridized carbons (Fsp3) is 0. The molecule has 0 aliphatic heterocycles. The first-order valence-electron chi connectivity index (χ1n) is 5.01. The number of anilines is 2. The second kappa shape index (κ2) is 4.52. The van der Waals surface area contributed by atoms with Gasteiger partial charge in [0.05, 0.1) is 0 Å². The fourth-order valence-electron chi connectivity index (χ4n) is 1.42. The number of aromatic amines is 1. The van der Waals surface area contributed by atoms with Gasteiger partial charge in [0, 0.05) is 17.6 Å². The summed E-state index contributed by atoms with van der Waals surface area (Å²) in [4.78, 5) is 25.6. The van der Waals surface area contributed by atoms with Gasteiger partial charge in [-0.3, -0.25) is 9.59 Å². The Hall–Kier alpha value is -2.56. The summed E-state index contributed by atoms with van der Waals surface area (Å²) in [6.07, 6.45) is 1.47. The maximum Gasteiger partial charge on any atom is 0.261 e. The predicted octanol–water partition coefficient (Wildman–Crippen LogP) is 1.21. The van der Waals surface area contributed by atoms with Crippen LogP contribution in [0, 0.1) is 0 Å². The molecule has 86 valence electrons. The van der Waals surface area contributed by atoms with Crippen molar-refractivity contribution < 1.29 is 4.79 Å². The van der Waals surface area contributed by atoms with Crippen LogP contribution in [0.2, 0.25) is 0 Å². The first kappa shape index (κ1) is 10.9. The zero-order valence-electron chi connectivity index (χ0n) is 8.94. The zero-order valence-corrected chi connectivity index (χ0v) is 8.94. The first-order chi connectivity index (χ1) is 8.16. The van der Waals surface area contributed by atoms with Gasteiger partial charge in [-0.25, -0.2) is 0 Å². The quantitative estimate of drug-likeness (QED) is 0.676. The van der Waals surface area contributed by atoms with E-state index in [0.29, 0.717) is 11.4 Å². The number of pyridine rings is 1. The number of H-pyrrole nitrogens is 1. The molecule has 1 aromatic heterocycles. The lowest BCUT2D eigenvalue weighted by Crippen LogP contribution is -2.22. The third-order valence-corrected chi connectivity index (χ3v) is 2.21. The minimum Gasteiger partial charge on any atom is -0.399 e. The molecule has 0 bridgehead atoms. The van der Waals surface area contributed by atoms with E-state index in [4.69, 9.17) is 5.73 Å². The molecule has 0 saturated carbocycles. The minimum absolute atomic E-state index is 0.0647. The van der Waals surface area contributed by atoms with E-state index in [1.807, 2.05) is 0 Å². The normalized spacial score (nSPS) is 9.88. The van der Waals surface area contributed by atoms with E-state index in [9.17, 15) is 9.59 Å². The summed E-state index contributed by atoms with van der Waals surface area (Å²) >= 11 is 0. The minimum atomic E-state index is -0.461. The Morgan fingerprint density at radius 1 is 1.24 bits per heavy atom. The first-order valence-corrected chi connectivity index (χ1v) is 5.01. The molecule has 4 N–H and O–H groups in total. The average molecular weight is 229 g/mol. The highest BCUT2D eigenvalue weighted by molar-refractivity contribution is 6.04. The van der Waals surface area contributed by atoms with Crippen molar-refractivity contribution >= 4 is 17.3 Å². The van der Waals surface area contributed by atoms with Crippen molar-refractivity contribution in [2.45, 2.75) is 0 Å². The summed E-state index contributed by atoms with van der Waals surface area (Å²) in [6, 6.07) is 9.81. The third kappa shape index (κ3) is 2.52. The lowest BCUT2D eigenvalue weighted by atomic mass is 10.2. The summed E-state index contributed by atoms with van der Waals surface area (Å²) in [7, 11) is 0. The summed E-state index contributed by atoms with van der Waals surface area (Å²) in [5.41, 5.74) is 6.33. The SMILES string of the molecule is Nc1cccc(NC(=O)c2ccc[nH]c2=O)c1. The predicted molar refractivity (Wildman–Crippen MR) is 65.9 cm³/mol. The van der Waals surface area contributed by atoms with Crippen LogP contribution in [-0.2, 0) is 0 Å². The Labute approximate surface area is 97.3 Å². The molecule has 1 heterocycles. The Kier molecular flexibility index (Phi) is 2.91. The zero-order chi connectivity index (χ0) is 12.3. The number of aromatic nitrogens is 1. The van der Waals surface area contributed by atoms with Crippen LogP contribution in [-0.4, -0.2) is 10.9 Å². The van der Waals surface area contributed by atoms with Crippen molar-refractivity contribution in [2.24, 2.45) is 0 Å².